The molecule has 0 atom stereocenters. The molecule has 8 heteroatoms. The van der Waals surface area contributed by atoms with Gasteiger partial charge in [0.15, 0.2) is 0 Å². The smallest absolute Gasteiger partial charge is 0.348 e. The molecule has 0 bridgehead atoms. The lowest BCUT2D eigenvalue weighted by Gasteiger charge is -2.09. The van der Waals surface area contributed by atoms with Gasteiger partial charge in [-0.3, -0.25) is 4.72 Å². The summed E-state index contributed by atoms with van der Waals surface area (Å²) in [7, 11) is -3.78. The molecule has 2 N–H and O–H groups in total. The number of thiophene rings is 1. The van der Waals surface area contributed by atoms with Crippen LogP contribution in [0.4, 0.5) is 10.1 Å². The van der Waals surface area contributed by atoms with E-state index in [1.807, 2.05) is 0 Å². The Morgan fingerprint density at radius 2 is 1.95 bits per heavy atom. The number of carbonyl (C=O) groups is 1. The number of halogens is 1. The van der Waals surface area contributed by atoms with Crippen molar-refractivity contribution in [2.45, 2.75) is 12.7 Å². The predicted molar refractivity (Wildman–Crippen MR) is 78.7 cm³/mol. The maximum Gasteiger partial charge on any atom is 0.348 e. The summed E-state index contributed by atoms with van der Waals surface area (Å²) < 4.78 is 39.3. The molecule has 2 rings (SSSR count). The monoisotopic (exact) mass is 329 g/mol. The van der Waals surface area contributed by atoms with Gasteiger partial charge in [-0.15, -0.1) is 11.3 Å². The lowest BCUT2D eigenvalue weighted by molar-refractivity contribution is 0.0703. The molecule has 0 aliphatic rings. The second-order valence-electron chi connectivity index (χ2n) is 4.42. The molecule has 21 heavy (non-hydrogen) atoms. The van der Waals surface area contributed by atoms with Crippen molar-refractivity contribution in [3.63, 3.8) is 0 Å². The molecular weight excluding hydrogens is 317 g/mol. The minimum Gasteiger partial charge on any atom is -0.477 e. The minimum atomic E-state index is -3.78. The first-order valence-corrected chi connectivity index (χ1v) is 8.38. The van der Waals surface area contributed by atoms with Crippen LogP contribution in [0.1, 0.15) is 20.8 Å². The summed E-state index contributed by atoms with van der Waals surface area (Å²) in [5.74, 6) is -2.00. The van der Waals surface area contributed by atoms with Gasteiger partial charge < -0.3 is 5.11 Å². The number of sulfonamides is 1. The summed E-state index contributed by atoms with van der Waals surface area (Å²) in [6.07, 6.45) is 0. The van der Waals surface area contributed by atoms with E-state index in [4.69, 9.17) is 5.11 Å². The van der Waals surface area contributed by atoms with Gasteiger partial charge in [-0.1, -0.05) is 12.1 Å². The van der Waals surface area contributed by atoms with Gasteiger partial charge in [0.1, 0.15) is 10.7 Å². The maximum atomic E-state index is 12.8. The maximum absolute atomic E-state index is 12.8. The molecule has 5 nitrogen and oxygen atoms in total. The highest BCUT2D eigenvalue weighted by Crippen LogP contribution is 2.29. The van der Waals surface area contributed by atoms with Crippen molar-refractivity contribution in [3.8, 4) is 0 Å². The fourth-order valence-corrected chi connectivity index (χ4v) is 3.91. The van der Waals surface area contributed by atoms with Gasteiger partial charge >= 0.3 is 5.97 Å². The van der Waals surface area contributed by atoms with Gasteiger partial charge in [-0.2, -0.15) is 0 Å². The van der Waals surface area contributed by atoms with E-state index in [0.717, 1.165) is 11.3 Å². The van der Waals surface area contributed by atoms with Gasteiger partial charge in [0, 0.05) is 0 Å². The summed E-state index contributed by atoms with van der Waals surface area (Å²) in [6.45, 7) is 1.62. The standard InChI is InChI=1S/C13H12FNO4S2/c1-8-6-20-12(13(16)17)11(8)15-21(18,19)7-9-2-4-10(14)5-3-9/h2-6,15H,7H2,1H3,(H,16,17). The lowest BCUT2D eigenvalue weighted by Crippen LogP contribution is -2.17. The molecule has 0 saturated heterocycles. The number of carboxylic acids is 1. The Kier molecular flexibility index (Phi) is 4.29. The molecule has 1 aromatic heterocycles. The van der Waals surface area contributed by atoms with Crippen molar-refractivity contribution in [1.29, 1.82) is 0 Å². The highest BCUT2D eigenvalue weighted by atomic mass is 32.2. The van der Waals surface area contributed by atoms with Crippen LogP contribution in [0.3, 0.4) is 0 Å². The molecule has 0 unspecified atom stereocenters. The third kappa shape index (κ3) is 3.79. The average molecular weight is 329 g/mol. The van der Waals surface area contributed by atoms with E-state index in [1.165, 1.54) is 24.3 Å². The first-order chi connectivity index (χ1) is 9.78. The molecular formula is C13H12FNO4S2. The van der Waals surface area contributed by atoms with Crippen molar-refractivity contribution in [1.82, 2.24) is 0 Å². The zero-order valence-corrected chi connectivity index (χ0v) is 12.6. The fourth-order valence-electron chi connectivity index (χ4n) is 1.72. The number of hydrogen-bond donors (Lipinski definition) is 2. The molecule has 1 aromatic carbocycles. The first-order valence-electron chi connectivity index (χ1n) is 5.85. The summed E-state index contributed by atoms with van der Waals surface area (Å²) >= 11 is 0.957. The van der Waals surface area contributed by atoms with Gasteiger partial charge in [0.25, 0.3) is 0 Å². The Morgan fingerprint density at radius 3 is 2.52 bits per heavy atom. The van der Waals surface area contributed by atoms with E-state index in [0.29, 0.717) is 11.1 Å². The Morgan fingerprint density at radius 1 is 1.33 bits per heavy atom. The van der Waals surface area contributed by atoms with Crippen molar-refractivity contribution in [3.05, 3.63) is 51.5 Å². The summed E-state index contributed by atoms with van der Waals surface area (Å²) in [5, 5.41) is 10.6. The average Bonchev–Trinajstić information content (AvgIpc) is 2.73. The number of nitrogens with one attached hydrogen (secondary N) is 1. The number of rotatable bonds is 5. The first kappa shape index (κ1) is 15.5. The molecule has 2 aromatic rings. The van der Waals surface area contributed by atoms with E-state index in [1.54, 1.807) is 12.3 Å². The summed E-state index contributed by atoms with van der Waals surface area (Å²) in [6, 6.07) is 5.08. The molecule has 0 saturated carbocycles. The van der Waals surface area contributed by atoms with Crippen LogP contribution in [0.2, 0.25) is 0 Å². The van der Waals surface area contributed by atoms with E-state index in [-0.39, 0.29) is 16.3 Å². The van der Waals surface area contributed by atoms with Crippen molar-refractivity contribution >= 4 is 33.0 Å². The molecule has 0 fully saturated rings. The molecule has 0 aliphatic carbocycles. The number of aromatic carboxylic acids is 1. The second kappa shape index (κ2) is 5.82. The highest BCUT2D eigenvalue weighted by Gasteiger charge is 2.20. The zero-order chi connectivity index (χ0) is 15.6. The number of benzene rings is 1. The van der Waals surface area contributed by atoms with Crippen LogP contribution in [0.5, 0.6) is 0 Å². The molecule has 0 radical (unpaired) electrons. The topological polar surface area (TPSA) is 83.5 Å². The Hall–Kier alpha value is -1.93. The summed E-state index contributed by atoms with van der Waals surface area (Å²) in [5.41, 5.74) is 1.03. The molecule has 112 valence electrons. The van der Waals surface area contributed by atoms with Crippen molar-refractivity contribution in [2.75, 3.05) is 4.72 Å². The van der Waals surface area contributed by atoms with Crippen LogP contribution in [0.15, 0.2) is 29.6 Å². The van der Waals surface area contributed by atoms with E-state index >= 15 is 0 Å². The Bertz CT molecular complexity index is 766. The van der Waals surface area contributed by atoms with Crippen molar-refractivity contribution < 1.29 is 22.7 Å². The Balaban J connectivity index is 2.24. The van der Waals surface area contributed by atoms with Crippen LogP contribution < -0.4 is 4.72 Å². The van der Waals surface area contributed by atoms with Gasteiger partial charge in [-0.25, -0.2) is 17.6 Å². The fraction of sp³-hybridized carbons (Fsp3) is 0.154. The molecule has 0 aliphatic heterocycles. The van der Waals surface area contributed by atoms with Crippen LogP contribution in [-0.2, 0) is 15.8 Å². The second-order valence-corrected chi connectivity index (χ2v) is 7.02. The SMILES string of the molecule is Cc1csc(C(=O)O)c1NS(=O)(=O)Cc1ccc(F)cc1. The largest absolute Gasteiger partial charge is 0.477 e. The van der Waals surface area contributed by atoms with Gasteiger partial charge in [0.05, 0.1) is 11.4 Å². The minimum absolute atomic E-state index is 0.0600. The number of hydrogen-bond acceptors (Lipinski definition) is 4. The molecule has 0 amide bonds. The number of aryl methyl sites for hydroxylation is 1. The predicted octanol–water partition coefficient (Wildman–Crippen LogP) is 2.84. The van der Waals surface area contributed by atoms with E-state index in [9.17, 15) is 17.6 Å². The van der Waals surface area contributed by atoms with Crippen LogP contribution >= 0.6 is 11.3 Å². The van der Waals surface area contributed by atoms with Crippen LogP contribution in [-0.4, -0.2) is 19.5 Å². The third-order valence-corrected chi connectivity index (χ3v) is 5.01. The molecule has 0 spiro atoms. The Labute approximate surface area is 125 Å². The van der Waals surface area contributed by atoms with Crippen LogP contribution in [0.25, 0.3) is 0 Å². The normalized spacial score (nSPS) is 11.3. The summed E-state index contributed by atoms with van der Waals surface area (Å²) in [4.78, 5) is 11.0. The van der Waals surface area contributed by atoms with Gasteiger partial charge in [-0.05, 0) is 35.6 Å². The zero-order valence-electron chi connectivity index (χ0n) is 11.0. The van der Waals surface area contributed by atoms with Gasteiger partial charge in [0.2, 0.25) is 10.0 Å². The highest BCUT2D eigenvalue weighted by molar-refractivity contribution is 7.91. The van der Waals surface area contributed by atoms with E-state index < -0.39 is 21.8 Å². The quantitative estimate of drug-likeness (QED) is 0.883. The van der Waals surface area contributed by atoms with Crippen molar-refractivity contribution in [2.24, 2.45) is 0 Å². The number of anilines is 1. The van der Waals surface area contributed by atoms with Crippen LogP contribution in [0, 0.1) is 12.7 Å². The number of carboxylic acid groups (broad SMARTS) is 1. The third-order valence-electron chi connectivity index (χ3n) is 2.70. The van der Waals surface area contributed by atoms with E-state index in [2.05, 4.69) is 4.72 Å². The lowest BCUT2D eigenvalue weighted by atomic mass is 10.2. The molecule has 1 heterocycles.